The third-order valence-corrected chi connectivity index (χ3v) is 1.57. The van der Waals surface area contributed by atoms with Gasteiger partial charge in [0, 0.05) is 11.8 Å². The van der Waals surface area contributed by atoms with Crippen LogP contribution < -0.4 is 11.1 Å². The van der Waals surface area contributed by atoms with E-state index in [-0.39, 0.29) is 12.5 Å². The molecule has 0 bridgehead atoms. The standard InChI is InChI=1S/C9H14N4O2/c1-3-15-8(14)5-11-9-12-6(2)4-7(10)13-9/h4H,3,5H2,1-2H3,(H3,10,11,12,13). The van der Waals surface area contributed by atoms with Crippen molar-refractivity contribution in [3.8, 4) is 0 Å². The molecule has 0 aromatic carbocycles. The smallest absolute Gasteiger partial charge is 0.325 e. The van der Waals surface area contributed by atoms with Gasteiger partial charge < -0.3 is 15.8 Å². The molecule has 0 fully saturated rings. The first-order valence-electron chi connectivity index (χ1n) is 4.62. The van der Waals surface area contributed by atoms with E-state index in [1.807, 2.05) is 0 Å². The number of hydrogen-bond donors (Lipinski definition) is 2. The Kier molecular flexibility index (Phi) is 3.84. The van der Waals surface area contributed by atoms with E-state index in [1.54, 1.807) is 19.9 Å². The summed E-state index contributed by atoms with van der Waals surface area (Å²) >= 11 is 0. The van der Waals surface area contributed by atoms with Gasteiger partial charge in [-0.1, -0.05) is 0 Å². The highest BCUT2D eigenvalue weighted by Crippen LogP contribution is 2.05. The van der Waals surface area contributed by atoms with Gasteiger partial charge in [0.25, 0.3) is 0 Å². The SMILES string of the molecule is CCOC(=O)CNc1nc(C)cc(N)n1. The second kappa shape index (κ2) is 5.14. The fraction of sp³-hybridized carbons (Fsp3) is 0.444. The first-order chi connectivity index (χ1) is 7.11. The van der Waals surface area contributed by atoms with Crippen molar-refractivity contribution in [1.82, 2.24) is 9.97 Å². The molecule has 1 aromatic rings. The number of aromatic nitrogens is 2. The van der Waals surface area contributed by atoms with E-state index >= 15 is 0 Å². The van der Waals surface area contributed by atoms with Crippen LogP contribution >= 0.6 is 0 Å². The molecule has 0 unspecified atom stereocenters. The summed E-state index contributed by atoms with van der Waals surface area (Å²) in [6, 6.07) is 1.65. The number of hydrogen-bond acceptors (Lipinski definition) is 6. The molecule has 0 aliphatic heterocycles. The maximum absolute atomic E-state index is 11.0. The lowest BCUT2D eigenvalue weighted by Gasteiger charge is -2.05. The zero-order valence-corrected chi connectivity index (χ0v) is 8.78. The Morgan fingerprint density at radius 3 is 2.93 bits per heavy atom. The maximum Gasteiger partial charge on any atom is 0.325 e. The second-order valence-corrected chi connectivity index (χ2v) is 2.92. The number of rotatable bonds is 4. The van der Waals surface area contributed by atoms with Gasteiger partial charge in [0.05, 0.1) is 6.61 Å². The average Bonchev–Trinajstić information content (AvgIpc) is 2.14. The van der Waals surface area contributed by atoms with Crippen molar-refractivity contribution in [2.24, 2.45) is 0 Å². The van der Waals surface area contributed by atoms with Crippen molar-refractivity contribution in [1.29, 1.82) is 0 Å². The molecule has 0 radical (unpaired) electrons. The Morgan fingerprint density at radius 2 is 2.33 bits per heavy atom. The van der Waals surface area contributed by atoms with Crippen molar-refractivity contribution in [2.75, 3.05) is 24.2 Å². The van der Waals surface area contributed by atoms with Crippen LogP contribution in [0, 0.1) is 6.92 Å². The maximum atomic E-state index is 11.0. The van der Waals surface area contributed by atoms with Gasteiger partial charge in [-0.05, 0) is 13.8 Å². The van der Waals surface area contributed by atoms with Crippen LogP contribution in [0.4, 0.5) is 11.8 Å². The summed E-state index contributed by atoms with van der Waals surface area (Å²) in [7, 11) is 0. The molecule has 15 heavy (non-hydrogen) atoms. The molecule has 82 valence electrons. The van der Waals surface area contributed by atoms with Crippen LogP contribution in [0.15, 0.2) is 6.07 Å². The summed E-state index contributed by atoms with van der Waals surface area (Å²) in [6.07, 6.45) is 0. The zero-order chi connectivity index (χ0) is 11.3. The number of nitrogens with two attached hydrogens (primary N) is 1. The number of nitrogens with zero attached hydrogens (tertiary/aromatic N) is 2. The summed E-state index contributed by atoms with van der Waals surface area (Å²) in [6.45, 7) is 3.95. The molecule has 0 saturated heterocycles. The number of aryl methyl sites for hydroxylation is 1. The lowest BCUT2D eigenvalue weighted by atomic mass is 10.4. The van der Waals surface area contributed by atoms with E-state index in [9.17, 15) is 4.79 Å². The van der Waals surface area contributed by atoms with Crippen molar-refractivity contribution < 1.29 is 9.53 Å². The minimum Gasteiger partial charge on any atom is -0.465 e. The van der Waals surface area contributed by atoms with Gasteiger partial charge in [0.1, 0.15) is 12.4 Å². The molecule has 1 aromatic heterocycles. The van der Waals surface area contributed by atoms with Crippen LogP contribution in [-0.4, -0.2) is 29.1 Å². The van der Waals surface area contributed by atoms with Crippen LogP contribution in [0.5, 0.6) is 0 Å². The van der Waals surface area contributed by atoms with E-state index in [2.05, 4.69) is 15.3 Å². The first kappa shape index (κ1) is 11.2. The predicted molar refractivity (Wildman–Crippen MR) is 56.3 cm³/mol. The molecule has 6 heteroatoms. The van der Waals surface area contributed by atoms with Gasteiger partial charge in [0.2, 0.25) is 5.95 Å². The normalized spacial score (nSPS) is 9.73. The van der Waals surface area contributed by atoms with Crippen LogP contribution in [0.1, 0.15) is 12.6 Å². The van der Waals surface area contributed by atoms with Crippen LogP contribution in [0.25, 0.3) is 0 Å². The Hall–Kier alpha value is -1.85. The highest BCUT2D eigenvalue weighted by atomic mass is 16.5. The lowest BCUT2D eigenvalue weighted by Crippen LogP contribution is -2.18. The van der Waals surface area contributed by atoms with E-state index in [0.717, 1.165) is 5.69 Å². The number of ether oxygens (including phenoxy) is 1. The van der Waals surface area contributed by atoms with Crippen molar-refractivity contribution >= 4 is 17.7 Å². The molecule has 6 nitrogen and oxygen atoms in total. The monoisotopic (exact) mass is 210 g/mol. The summed E-state index contributed by atoms with van der Waals surface area (Å²) in [4.78, 5) is 19.0. The van der Waals surface area contributed by atoms with Crippen LogP contribution in [-0.2, 0) is 9.53 Å². The Morgan fingerprint density at radius 1 is 1.60 bits per heavy atom. The van der Waals surface area contributed by atoms with Crippen molar-refractivity contribution in [3.63, 3.8) is 0 Å². The number of nitrogens with one attached hydrogen (secondary N) is 1. The molecule has 0 aliphatic carbocycles. The minimum atomic E-state index is -0.346. The van der Waals surface area contributed by atoms with Crippen LogP contribution in [0.3, 0.4) is 0 Å². The van der Waals surface area contributed by atoms with Gasteiger partial charge in [-0.2, -0.15) is 4.98 Å². The molecule has 0 amide bonds. The predicted octanol–water partition coefficient (Wildman–Crippen LogP) is 0.342. The third-order valence-electron chi connectivity index (χ3n) is 1.57. The van der Waals surface area contributed by atoms with Crippen molar-refractivity contribution in [3.05, 3.63) is 11.8 Å². The second-order valence-electron chi connectivity index (χ2n) is 2.92. The van der Waals surface area contributed by atoms with Crippen molar-refractivity contribution in [2.45, 2.75) is 13.8 Å². The molecule has 1 heterocycles. The number of carbonyl (C=O) groups excluding carboxylic acids is 1. The summed E-state index contributed by atoms with van der Waals surface area (Å²) < 4.78 is 4.74. The topological polar surface area (TPSA) is 90.1 Å². The summed E-state index contributed by atoms with van der Waals surface area (Å²) in [5.41, 5.74) is 6.26. The summed E-state index contributed by atoms with van der Waals surface area (Å²) in [5, 5.41) is 2.73. The molecule has 0 atom stereocenters. The van der Waals surface area contributed by atoms with Gasteiger partial charge in [-0.15, -0.1) is 0 Å². The van der Waals surface area contributed by atoms with E-state index in [0.29, 0.717) is 18.4 Å². The van der Waals surface area contributed by atoms with E-state index in [1.165, 1.54) is 0 Å². The Bertz CT molecular complexity index is 334. The minimum absolute atomic E-state index is 0.0384. The van der Waals surface area contributed by atoms with E-state index in [4.69, 9.17) is 10.5 Å². The zero-order valence-electron chi connectivity index (χ0n) is 8.78. The molecule has 0 aliphatic rings. The van der Waals surface area contributed by atoms with Gasteiger partial charge in [-0.25, -0.2) is 4.98 Å². The number of anilines is 2. The van der Waals surface area contributed by atoms with Gasteiger partial charge in [-0.3, -0.25) is 4.79 Å². The molecule has 0 spiro atoms. The number of carbonyl (C=O) groups is 1. The number of nitrogen functional groups attached to an aromatic ring is 1. The summed E-state index contributed by atoms with van der Waals surface area (Å²) in [5.74, 6) is 0.357. The number of esters is 1. The molecular weight excluding hydrogens is 196 g/mol. The lowest BCUT2D eigenvalue weighted by molar-refractivity contribution is -0.140. The fourth-order valence-corrected chi connectivity index (χ4v) is 1.04. The molecular formula is C9H14N4O2. The Balaban J connectivity index is 2.54. The first-order valence-corrected chi connectivity index (χ1v) is 4.62. The van der Waals surface area contributed by atoms with Crippen LogP contribution in [0.2, 0.25) is 0 Å². The van der Waals surface area contributed by atoms with Gasteiger partial charge in [0.15, 0.2) is 0 Å². The van der Waals surface area contributed by atoms with E-state index < -0.39 is 0 Å². The highest BCUT2D eigenvalue weighted by Gasteiger charge is 2.03. The Labute approximate surface area is 87.9 Å². The highest BCUT2D eigenvalue weighted by molar-refractivity contribution is 5.74. The fourth-order valence-electron chi connectivity index (χ4n) is 1.04. The third kappa shape index (κ3) is 3.80. The molecule has 3 N–H and O–H groups in total. The quantitative estimate of drug-likeness (QED) is 0.696. The molecule has 0 saturated carbocycles. The van der Waals surface area contributed by atoms with Gasteiger partial charge >= 0.3 is 5.97 Å². The average molecular weight is 210 g/mol. The largest absolute Gasteiger partial charge is 0.465 e. The molecule has 1 rings (SSSR count).